The van der Waals surface area contributed by atoms with Gasteiger partial charge < -0.3 is 4.57 Å². The number of hydrogen-bond acceptors (Lipinski definition) is 1. The van der Waals surface area contributed by atoms with Gasteiger partial charge in [-0.15, -0.1) is 11.6 Å². The average molecular weight is 263 g/mol. The quantitative estimate of drug-likeness (QED) is 0.733. The Morgan fingerprint density at radius 3 is 2.78 bits per heavy atom. The number of rotatable bonds is 5. The minimum absolute atomic E-state index is 0.497. The number of alkyl halides is 1. The molecule has 0 atom stereocenters. The van der Waals surface area contributed by atoms with Crippen molar-refractivity contribution in [2.24, 2.45) is 5.41 Å². The van der Waals surface area contributed by atoms with E-state index < -0.39 is 0 Å². The van der Waals surface area contributed by atoms with Crippen molar-refractivity contribution in [2.45, 2.75) is 45.0 Å². The van der Waals surface area contributed by atoms with Crippen molar-refractivity contribution >= 4 is 22.6 Å². The van der Waals surface area contributed by atoms with E-state index in [-0.39, 0.29) is 0 Å². The highest BCUT2D eigenvalue weighted by Gasteiger charge is 2.42. The van der Waals surface area contributed by atoms with Gasteiger partial charge in [-0.2, -0.15) is 0 Å². The van der Waals surface area contributed by atoms with Gasteiger partial charge in [-0.05, 0) is 36.8 Å². The number of imidazole rings is 1. The molecule has 0 aliphatic heterocycles. The Kier molecular flexibility index (Phi) is 3.06. The first-order valence-electron chi connectivity index (χ1n) is 6.78. The molecule has 18 heavy (non-hydrogen) atoms. The van der Waals surface area contributed by atoms with Crippen LogP contribution in [0.25, 0.3) is 11.0 Å². The molecule has 0 saturated heterocycles. The van der Waals surface area contributed by atoms with Crippen LogP contribution in [0.4, 0.5) is 0 Å². The third-order valence-electron chi connectivity index (χ3n) is 4.08. The van der Waals surface area contributed by atoms with Crippen LogP contribution >= 0.6 is 11.6 Å². The second-order valence-electron chi connectivity index (χ2n) is 5.49. The summed E-state index contributed by atoms with van der Waals surface area (Å²) in [5, 5.41) is 0. The summed E-state index contributed by atoms with van der Waals surface area (Å²) in [5.74, 6) is 1.51. The molecule has 1 fully saturated rings. The van der Waals surface area contributed by atoms with Gasteiger partial charge in [0, 0.05) is 6.54 Å². The molecule has 2 aromatic rings. The molecule has 0 spiro atoms. The highest BCUT2D eigenvalue weighted by Crippen LogP contribution is 2.51. The molecule has 2 nitrogen and oxygen atoms in total. The fourth-order valence-corrected chi connectivity index (χ4v) is 3.14. The minimum Gasteiger partial charge on any atom is -0.326 e. The first-order chi connectivity index (χ1) is 8.78. The van der Waals surface area contributed by atoms with Crippen LogP contribution < -0.4 is 0 Å². The van der Waals surface area contributed by atoms with E-state index >= 15 is 0 Å². The lowest BCUT2D eigenvalue weighted by Gasteiger charge is -2.17. The van der Waals surface area contributed by atoms with Crippen LogP contribution in [0.2, 0.25) is 0 Å². The zero-order chi connectivity index (χ0) is 12.6. The molecule has 3 rings (SSSR count). The summed E-state index contributed by atoms with van der Waals surface area (Å²) < 4.78 is 2.34. The molecule has 0 N–H and O–H groups in total. The maximum atomic E-state index is 6.05. The van der Waals surface area contributed by atoms with E-state index in [0.29, 0.717) is 11.3 Å². The number of halogens is 1. The van der Waals surface area contributed by atoms with Crippen LogP contribution in [-0.4, -0.2) is 9.55 Å². The molecule has 1 aromatic carbocycles. The number of fused-ring (bicyclic) bond motifs is 1. The smallest absolute Gasteiger partial charge is 0.124 e. The molecule has 3 heteroatoms. The minimum atomic E-state index is 0.497. The van der Waals surface area contributed by atoms with Crippen molar-refractivity contribution in [3.63, 3.8) is 0 Å². The second kappa shape index (κ2) is 4.58. The molecular formula is C15H19ClN2. The molecule has 1 aliphatic carbocycles. The average Bonchev–Trinajstić information content (AvgIpc) is 3.05. The normalized spacial score (nSPS) is 17.2. The van der Waals surface area contributed by atoms with Gasteiger partial charge in [0.05, 0.1) is 16.9 Å². The molecule has 96 valence electrons. The molecule has 0 radical (unpaired) electrons. The monoisotopic (exact) mass is 262 g/mol. The fraction of sp³-hybridized carbons (Fsp3) is 0.533. The predicted molar refractivity (Wildman–Crippen MR) is 75.9 cm³/mol. The molecule has 0 bridgehead atoms. The van der Waals surface area contributed by atoms with E-state index in [1.54, 1.807) is 0 Å². The summed E-state index contributed by atoms with van der Waals surface area (Å²) in [7, 11) is 0. The third kappa shape index (κ3) is 2.03. The summed E-state index contributed by atoms with van der Waals surface area (Å²) in [5.41, 5.74) is 2.83. The Morgan fingerprint density at radius 2 is 2.11 bits per heavy atom. The van der Waals surface area contributed by atoms with Crippen molar-refractivity contribution in [1.82, 2.24) is 9.55 Å². The Hall–Kier alpha value is -1.02. The van der Waals surface area contributed by atoms with Gasteiger partial charge in [-0.3, -0.25) is 0 Å². The van der Waals surface area contributed by atoms with Crippen LogP contribution in [0.1, 0.15) is 38.4 Å². The summed E-state index contributed by atoms with van der Waals surface area (Å²) >= 11 is 6.05. The zero-order valence-corrected chi connectivity index (χ0v) is 11.6. The summed E-state index contributed by atoms with van der Waals surface area (Å²) in [4.78, 5) is 4.63. The van der Waals surface area contributed by atoms with E-state index in [9.17, 15) is 0 Å². The Bertz CT molecular complexity index is 555. The number of aromatic nitrogens is 2. The van der Waals surface area contributed by atoms with Crippen molar-refractivity contribution in [1.29, 1.82) is 0 Å². The fourth-order valence-electron chi connectivity index (χ4n) is 2.93. The topological polar surface area (TPSA) is 17.8 Å². The maximum Gasteiger partial charge on any atom is 0.124 e. The number of hydrogen-bond donors (Lipinski definition) is 0. The summed E-state index contributed by atoms with van der Waals surface area (Å²) in [6, 6.07) is 8.34. The van der Waals surface area contributed by atoms with Crippen LogP contribution in [-0.2, 0) is 12.4 Å². The van der Waals surface area contributed by atoms with Gasteiger partial charge in [0.15, 0.2) is 0 Å². The van der Waals surface area contributed by atoms with Gasteiger partial charge >= 0.3 is 0 Å². The number of para-hydroxylation sites is 2. The Morgan fingerprint density at radius 1 is 1.33 bits per heavy atom. The maximum absolute atomic E-state index is 6.05. The molecule has 1 heterocycles. The highest BCUT2D eigenvalue weighted by molar-refractivity contribution is 6.16. The van der Waals surface area contributed by atoms with E-state index in [4.69, 9.17) is 11.6 Å². The Labute approximate surface area is 113 Å². The van der Waals surface area contributed by atoms with Gasteiger partial charge in [0.25, 0.3) is 0 Å². The first-order valence-corrected chi connectivity index (χ1v) is 7.31. The number of benzene rings is 1. The van der Waals surface area contributed by atoms with Crippen molar-refractivity contribution in [3.05, 3.63) is 30.1 Å². The van der Waals surface area contributed by atoms with Crippen LogP contribution in [0.15, 0.2) is 24.3 Å². The van der Waals surface area contributed by atoms with E-state index in [1.807, 2.05) is 6.07 Å². The molecular weight excluding hydrogens is 244 g/mol. The van der Waals surface area contributed by atoms with Crippen LogP contribution in [0.3, 0.4) is 0 Å². The number of nitrogens with zero attached hydrogens (tertiary/aromatic N) is 2. The van der Waals surface area contributed by atoms with Gasteiger partial charge in [-0.25, -0.2) is 4.98 Å². The largest absolute Gasteiger partial charge is 0.326 e. The lowest BCUT2D eigenvalue weighted by Crippen LogP contribution is -2.13. The zero-order valence-electron chi connectivity index (χ0n) is 10.8. The highest BCUT2D eigenvalue weighted by atomic mass is 35.5. The lowest BCUT2D eigenvalue weighted by molar-refractivity contribution is 0.389. The van der Waals surface area contributed by atoms with Crippen LogP contribution in [0, 0.1) is 5.41 Å². The van der Waals surface area contributed by atoms with Gasteiger partial charge in [-0.1, -0.05) is 25.5 Å². The lowest BCUT2D eigenvalue weighted by atomic mass is 10.0. The SMILES string of the molecule is CCCC1(Cn2c(CCl)nc3ccccc32)CC1. The van der Waals surface area contributed by atoms with Gasteiger partial charge in [0.2, 0.25) is 0 Å². The predicted octanol–water partition coefficient (Wildman–Crippen LogP) is 4.36. The van der Waals surface area contributed by atoms with Crippen LogP contribution in [0.5, 0.6) is 0 Å². The molecule has 0 unspecified atom stereocenters. The molecule has 1 aromatic heterocycles. The van der Waals surface area contributed by atoms with Crippen molar-refractivity contribution < 1.29 is 0 Å². The van der Waals surface area contributed by atoms with Gasteiger partial charge in [0.1, 0.15) is 5.82 Å². The molecule has 1 saturated carbocycles. The second-order valence-corrected chi connectivity index (χ2v) is 5.75. The van der Waals surface area contributed by atoms with E-state index in [1.165, 1.54) is 31.2 Å². The first kappa shape index (κ1) is 12.0. The Balaban J connectivity index is 1.99. The van der Waals surface area contributed by atoms with Crippen molar-refractivity contribution in [3.8, 4) is 0 Å². The third-order valence-corrected chi connectivity index (χ3v) is 4.32. The van der Waals surface area contributed by atoms with E-state index in [2.05, 4.69) is 34.7 Å². The standard InChI is InChI=1S/C15H19ClN2/c1-2-7-15(8-9-15)11-18-13-6-4-3-5-12(13)17-14(18)10-16/h3-6H,2,7-11H2,1H3. The van der Waals surface area contributed by atoms with Crippen molar-refractivity contribution in [2.75, 3.05) is 0 Å². The molecule has 1 aliphatic rings. The molecule has 0 amide bonds. The van der Waals surface area contributed by atoms with E-state index in [0.717, 1.165) is 17.9 Å². The summed E-state index contributed by atoms with van der Waals surface area (Å²) in [6.07, 6.45) is 5.30. The summed E-state index contributed by atoms with van der Waals surface area (Å²) in [6.45, 7) is 3.36.